The first kappa shape index (κ1) is 17.4. The van der Waals surface area contributed by atoms with E-state index in [-0.39, 0.29) is 0 Å². The zero-order valence-corrected chi connectivity index (χ0v) is 13.7. The normalized spacial score (nSPS) is 11.0. The molecule has 0 aromatic heterocycles. The van der Waals surface area contributed by atoms with E-state index in [4.69, 9.17) is 5.26 Å². The van der Waals surface area contributed by atoms with Crippen molar-refractivity contribution in [2.24, 2.45) is 10.2 Å². The Morgan fingerprint density at radius 1 is 0.875 bits per heavy atom. The van der Waals surface area contributed by atoms with E-state index in [1.54, 1.807) is 24.6 Å². The molecule has 0 aliphatic rings. The third kappa shape index (κ3) is 6.02. The minimum atomic E-state index is 0.639. The zero-order chi connectivity index (χ0) is 17.0. The topological polar surface area (TPSA) is 48.5 Å². The average molecular weight is 315 g/mol. The maximum atomic E-state index is 8.75. The zero-order valence-electron chi connectivity index (χ0n) is 13.7. The molecule has 0 N–H and O–H groups in total. The van der Waals surface area contributed by atoms with Crippen molar-refractivity contribution < 1.29 is 0 Å². The Morgan fingerprint density at radius 3 is 2.00 bits per heavy atom. The summed E-state index contributed by atoms with van der Waals surface area (Å²) in [5, 5.41) is 16.8. The average Bonchev–Trinajstić information content (AvgIpc) is 2.64. The lowest BCUT2D eigenvalue weighted by Gasteiger charge is -2.00. The van der Waals surface area contributed by atoms with Crippen LogP contribution in [-0.4, -0.2) is 12.4 Å². The molecule has 0 radical (unpaired) electrons. The van der Waals surface area contributed by atoms with Crippen LogP contribution in [0.5, 0.6) is 0 Å². The van der Waals surface area contributed by atoms with Gasteiger partial charge in [-0.25, -0.2) is 0 Å². The molecule has 0 saturated carbocycles. The molecule has 0 unspecified atom stereocenters. The SMILES string of the molecule is C=CCCCCc1ccc(C=NN=Cc2ccc(C#N)cc2)cc1. The van der Waals surface area contributed by atoms with Crippen molar-refractivity contribution in [1.29, 1.82) is 5.26 Å². The molecule has 2 aromatic rings. The van der Waals surface area contributed by atoms with Gasteiger partial charge in [0.2, 0.25) is 0 Å². The van der Waals surface area contributed by atoms with Gasteiger partial charge in [-0.2, -0.15) is 15.5 Å². The minimum Gasteiger partial charge on any atom is -0.192 e. The monoisotopic (exact) mass is 315 g/mol. The number of unbranched alkanes of at least 4 members (excludes halogenated alkanes) is 2. The van der Waals surface area contributed by atoms with Crippen LogP contribution in [0.1, 0.15) is 41.5 Å². The number of allylic oxidation sites excluding steroid dienone is 1. The van der Waals surface area contributed by atoms with Crippen LogP contribution in [0.25, 0.3) is 0 Å². The number of nitriles is 1. The van der Waals surface area contributed by atoms with E-state index < -0.39 is 0 Å². The van der Waals surface area contributed by atoms with Crippen LogP contribution in [0.15, 0.2) is 71.4 Å². The highest BCUT2D eigenvalue weighted by Crippen LogP contribution is 2.08. The number of benzene rings is 2. The standard InChI is InChI=1S/C21H21N3/c1-2-3-4-5-6-18-7-11-20(12-8-18)16-23-24-17-21-13-9-19(15-22)10-14-21/h2,7-14,16-17H,1,3-6H2. The predicted molar refractivity (Wildman–Crippen MR) is 101 cm³/mol. The van der Waals surface area contributed by atoms with Gasteiger partial charge >= 0.3 is 0 Å². The van der Waals surface area contributed by atoms with Crippen molar-refractivity contribution in [1.82, 2.24) is 0 Å². The number of nitrogens with zero attached hydrogens (tertiary/aromatic N) is 3. The third-order valence-corrected chi connectivity index (χ3v) is 3.62. The largest absolute Gasteiger partial charge is 0.192 e. The van der Waals surface area contributed by atoms with Gasteiger partial charge in [0.15, 0.2) is 0 Å². The second-order valence-electron chi connectivity index (χ2n) is 5.50. The van der Waals surface area contributed by atoms with Crippen LogP contribution >= 0.6 is 0 Å². The van der Waals surface area contributed by atoms with Crippen molar-refractivity contribution in [3.8, 4) is 6.07 Å². The van der Waals surface area contributed by atoms with E-state index in [2.05, 4.69) is 47.1 Å². The molecule has 0 amide bonds. The molecule has 3 nitrogen and oxygen atoms in total. The summed E-state index contributed by atoms with van der Waals surface area (Å²) in [5.74, 6) is 0. The molecule has 120 valence electrons. The lowest BCUT2D eigenvalue weighted by molar-refractivity contribution is 0.748. The fourth-order valence-corrected chi connectivity index (χ4v) is 2.23. The van der Waals surface area contributed by atoms with Crippen molar-refractivity contribution in [2.75, 3.05) is 0 Å². The molecule has 0 aliphatic carbocycles. The highest BCUT2D eigenvalue weighted by molar-refractivity contribution is 5.82. The molecule has 0 heterocycles. The molecule has 3 heteroatoms. The smallest absolute Gasteiger partial charge is 0.0991 e. The van der Waals surface area contributed by atoms with E-state index >= 15 is 0 Å². The molecule has 24 heavy (non-hydrogen) atoms. The van der Waals surface area contributed by atoms with E-state index in [1.807, 2.05) is 18.2 Å². The summed E-state index contributed by atoms with van der Waals surface area (Å²) >= 11 is 0. The molecular formula is C21H21N3. The van der Waals surface area contributed by atoms with Gasteiger partial charge in [0.1, 0.15) is 0 Å². The lowest BCUT2D eigenvalue weighted by atomic mass is 10.1. The molecule has 0 aliphatic heterocycles. The fraction of sp³-hybridized carbons (Fsp3) is 0.190. The summed E-state index contributed by atoms with van der Waals surface area (Å²) in [5.41, 5.74) is 3.93. The maximum Gasteiger partial charge on any atom is 0.0991 e. The number of hydrogen-bond acceptors (Lipinski definition) is 3. The Balaban J connectivity index is 1.83. The summed E-state index contributed by atoms with van der Waals surface area (Å²) in [6.07, 6.45) is 9.94. The first-order valence-electron chi connectivity index (χ1n) is 8.08. The van der Waals surface area contributed by atoms with Gasteiger partial charge in [-0.3, -0.25) is 0 Å². The highest BCUT2D eigenvalue weighted by Gasteiger charge is 1.94. The lowest BCUT2D eigenvalue weighted by Crippen LogP contribution is -1.87. The Bertz CT molecular complexity index is 732. The summed E-state index contributed by atoms with van der Waals surface area (Å²) in [6, 6.07) is 17.7. The number of hydrogen-bond donors (Lipinski definition) is 0. The van der Waals surface area contributed by atoms with Crippen LogP contribution in [0, 0.1) is 11.3 Å². The van der Waals surface area contributed by atoms with Gasteiger partial charge in [-0.05, 0) is 54.5 Å². The van der Waals surface area contributed by atoms with Crippen LogP contribution in [0.3, 0.4) is 0 Å². The van der Waals surface area contributed by atoms with Gasteiger partial charge in [0.25, 0.3) is 0 Å². The van der Waals surface area contributed by atoms with Crippen molar-refractivity contribution in [3.05, 3.63) is 83.4 Å². The van der Waals surface area contributed by atoms with Crippen molar-refractivity contribution in [3.63, 3.8) is 0 Å². The summed E-state index contributed by atoms with van der Waals surface area (Å²) in [7, 11) is 0. The predicted octanol–water partition coefficient (Wildman–Crippen LogP) is 4.91. The molecule has 0 fully saturated rings. The summed E-state index contributed by atoms with van der Waals surface area (Å²) < 4.78 is 0. The van der Waals surface area contributed by atoms with Crippen molar-refractivity contribution in [2.45, 2.75) is 25.7 Å². The molecule has 2 rings (SSSR count). The van der Waals surface area contributed by atoms with E-state index in [0.717, 1.165) is 24.0 Å². The quantitative estimate of drug-likeness (QED) is 0.295. The van der Waals surface area contributed by atoms with Gasteiger partial charge in [-0.15, -0.1) is 6.58 Å². The van der Waals surface area contributed by atoms with E-state index in [1.165, 1.54) is 18.4 Å². The molecule has 0 atom stereocenters. The molecule has 0 bridgehead atoms. The second kappa shape index (κ2) is 9.91. The van der Waals surface area contributed by atoms with Gasteiger partial charge in [0.05, 0.1) is 24.1 Å². The van der Waals surface area contributed by atoms with Crippen LogP contribution < -0.4 is 0 Å². The summed E-state index contributed by atoms with van der Waals surface area (Å²) in [6.45, 7) is 3.74. The van der Waals surface area contributed by atoms with Crippen LogP contribution in [0.4, 0.5) is 0 Å². The Morgan fingerprint density at radius 2 is 1.46 bits per heavy atom. The number of aryl methyl sites for hydroxylation is 1. The van der Waals surface area contributed by atoms with E-state index in [0.29, 0.717) is 5.56 Å². The Kier molecular flexibility index (Phi) is 7.17. The highest BCUT2D eigenvalue weighted by atomic mass is 15.2. The molecule has 2 aromatic carbocycles. The maximum absolute atomic E-state index is 8.75. The van der Waals surface area contributed by atoms with E-state index in [9.17, 15) is 0 Å². The third-order valence-electron chi connectivity index (χ3n) is 3.62. The number of rotatable bonds is 8. The Labute approximate surface area is 143 Å². The van der Waals surface area contributed by atoms with Gasteiger partial charge in [-0.1, -0.05) is 42.5 Å². The Hall–Kier alpha value is -2.99. The minimum absolute atomic E-state index is 0.639. The van der Waals surface area contributed by atoms with Gasteiger partial charge < -0.3 is 0 Å². The molecule has 0 spiro atoms. The van der Waals surface area contributed by atoms with Crippen LogP contribution in [-0.2, 0) is 6.42 Å². The first-order valence-corrected chi connectivity index (χ1v) is 8.08. The van der Waals surface area contributed by atoms with Crippen LogP contribution in [0.2, 0.25) is 0 Å². The second-order valence-corrected chi connectivity index (χ2v) is 5.50. The molecular weight excluding hydrogens is 294 g/mol. The fourth-order valence-electron chi connectivity index (χ4n) is 2.23. The van der Waals surface area contributed by atoms with Crippen molar-refractivity contribution >= 4 is 12.4 Å². The van der Waals surface area contributed by atoms with Gasteiger partial charge in [0, 0.05) is 0 Å². The first-order chi connectivity index (χ1) is 11.8. The molecule has 0 saturated heterocycles. The summed E-state index contributed by atoms with van der Waals surface area (Å²) in [4.78, 5) is 0.